The third kappa shape index (κ3) is 6.47. The molecular weight excluding hydrogens is 442 g/mol. The van der Waals surface area contributed by atoms with Gasteiger partial charge in [0, 0.05) is 20.1 Å². The number of ether oxygens (including phenoxy) is 1. The van der Waals surface area contributed by atoms with Gasteiger partial charge in [-0.2, -0.15) is 0 Å². The van der Waals surface area contributed by atoms with Gasteiger partial charge in [0.2, 0.25) is 10.0 Å². The first kappa shape index (κ1) is 24.6. The maximum Gasteiger partial charge on any atom is 0.265 e. The van der Waals surface area contributed by atoms with Gasteiger partial charge < -0.3 is 15.0 Å². The van der Waals surface area contributed by atoms with Crippen molar-refractivity contribution in [3.05, 3.63) is 54.1 Å². The molecular formula is C24H31N3O5S. The van der Waals surface area contributed by atoms with E-state index in [0.29, 0.717) is 22.7 Å². The van der Waals surface area contributed by atoms with Gasteiger partial charge in [0.1, 0.15) is 5.75 Å². The van der Waals surface area contributed by atoms with Crippen LogP contribution in [0.2, 0.25) is 0 Å². The molecule has 0 aliphatic carbocycles. The Morgan fingerprint density at radius 2 is 1.61 bits per heavy atom. The van der Waals surface area contributed by atoms with Crippen LogP contribution in [0.15, 0.2) is 48.5 Å². The topological polar surface area (TPSA) is 96.0 Å². The van der Waals surface area contributed by atoms with Crippen molar-refractivity contribution in [2.75, 3.05) is 36.0 Å². The third-order valence-electron chi connectivity index (χ3n) is 5.69. The van der Waals surface area contributed by atoms with E-state index in [1.165, 1.54) is 7.05 Å². The number of para-hydroxylation sites is 1. The first-order valence-corrected chi connectivity index (χ1v) is 12.9. The number of carbonyl (C=O) groups is 2. The molecule has 0 radical (unpaired) electrons. The lowest BCUT2D eigenvalue weighted by Crippen LogP contribution is -2.34. The van der Waals surface area contributed by atoms with Crippen molar-refractivity contribution in [3.8, 4) is 5.75 Å². The predicted octanol–water partition coefficient (Wildman–Crippen LogP) is 3.50. The Kier molecular flexibility index (Phi) is 7.97. The molecule has 8 nitrogen and oxygen atoms in total. The molecule has 1 atom stereocenters. The maximum absolute atomic E-state index is 13.1. The number of hydrogen-bond donors (Lipinski definition) is 1. The number of hydrogen-bond acceptors (Lipinski definition) is 5. The van der Waals surface area contributed by atoms with Gasteiger partial charge in [0.25, 0.3) is 11.8 Å². The first-order chi connectivity index (χ1) is 15.7. The summed E-state index contributed by atoms with van der Waals surface area (Å²) in [5.41, 5.74) is 1.41. The van der Waals surface area contributed by atoms with E-state index in [4.69, 9.17) is 4.74 Å². The molecule has 1 aliphatic heterocycles. The zero-order valence-corrected chi connectivity index (χ0v) is 20.1. The van der Waals surface area contributed by atoms with E-state index in [2.05, 4.69) is 5.32 Å². The summed E-state index contributed by atoms with van der Waals surface area (Å²) >= 11 is 0. The molecule has 0 bridgehead atoms. The van der Waals surface area contributed by atoms with Gasteiger partial charge in [-0.05, 0) is 56.2 Å². The van der Waals surface area contributed by atoms with Crippen molar-refractivity contribution in [2.24, 2.45) is 0 Å². The second-order valence-corrected chi connectivity index (χ2v) is 10.2. The number of amides is 2. The standard InChI is InChI=1S/C24H31N3O5S/c1-18(32-20-14-12-19(13-15-20)26(2)33(3,30)31)23(28)25-22-11-7-6-10-21(22)24(29)27-16-8-4-5-9-17-27/h6-7,10-15,18H,4-5,8-9,16-17H2,1-3H3,(H,25,28)/t18-/m0/s1. The number of sulfonamides is 1. The van der Waals surface area contributed by atoms with Gasteiger partial charge in [0.05, 0.1) is 23.2 Å². The van der Waals surface area contributed by atoms with Crippen LogP contribution in [0.5, 0.6) is 5.75 Å². The molecule has 2 aromatic rings. The van der Waals surface area contributed by atoms with Crippen LogP contribution in [-0.2, 0) is 14.8 Å². The SMILES string of the molecule is C[C@H](Oc1ccc(N(C)S(C)(=O)=O)cc1)C(=O)Nc1ccccc1C(=O)N1CCCCCC1. The molecule has 1 fully saturated rings. The Balaban J connectivity index is 1.66. The van der Waals surface area contributed by atoms with Crippen LogP contribution in [0, 0.1) is 0 Å². The van der Waals surface area contributed by atoms with E-state index in [9.17, 15) is 18.0 Å². The molecule has 0 aromatic heterocycles. The van der Waals surface area contributed by atoms with Crippen molar-refractivity contribution in [2.45, 2.75) is 38.7 Å². The first-order valence-electron chi connectivity index (χ1n) is 11.1. The van der Waals surface area contributed by atoms with E-state index in [1.54, 1.807) is 55.5 Å². The van der Waals surface area contributed by atoms with Crippen LogP contribution >= 0.6 is 0 Å². The highest BCUT2D eigenvalue weighted by molar-refractivity contribution is 7.92. The van der Waals surface area contributed by atoms with E-state index < -0.39 is 16.1 Å². The Labute approximate surface area is 195 Å². The number of likely N-dealkylation sites (tertiary alicyclic amines) is 1. The molecule has 1 heterocycles. The maximum atomic E-state index is 13.1. The van der Waals surface area contributed by atoms with Crippen LogP contribution in [0.25, 0.3) is 0 Å². The minimum atomic E-state index is -3.36. The minimum absolute atomic E-state index is 0.0769. The normalized spacial score (nSPS) is 15.3. The lowest BCUT2D eigenvalue weighted by atomic mass is 10.1. The Morgan fingerprint density at radius 1 is 1.00 bits per heavy atom. The molecule has 1 saturated heterocycles. The van der Waals surface area contributed by atoms with E-state index in [-0.39, 0.29) is 11.8 Å². The van der Waals surface area contributed by atoms with Crippen molar-refractivity contribution < 1.29 is 22.7 Å². The number of carbonyl (C=O) groups excluding carboxylic acids is 2. The van der Waals surface area contributed by atoms with Crippen LogP contribution in [0.1, 0.15) is 43.0 Å². The molecule has 2 aromatic carbocycles. The van der Waals surface area contributed by atoms with Gasteiger partial charge in [-0.25, -0.2) is 8.42 Å². The number of benzene rings is 2. The molecule has 3 rings (SSSR count). The summed E-state index contributed by atoms with van der Waals surface area (Å²) in [4.78, 5) is 27.7. The van der Waals surface area contributed by atoms with E-state index in [0.717, 1.165) is 49.3 Å². The molecule has 33 heavy (non-hydrogen) atoms. The van der Waals surface area contributed by atoms with Crippen molar-refractivity contribution in [3.63, 3.8) is 0 Å². The molecule has 9 heteroatoms. The summed E-state index contributed by atoms with van der Waals surface area (Å²) in [6, 6.07) is 13.4. The van der Waals surface area contributed by atoms with Gasteiger partial charge in [-0.1, -0.05) is 25.0 Å². The monoisotopic (exact) mass is 473 g/mol. The minimum Gasteiger partial charge on any atom is -0.481 e. The summed E-state index contributed by atoms with van der Waals surface area (Å²) in [6.45, 7) is 3.07. The fraction of sp³-hybridized carbons (Fsp3) is 0.417. The Hall–Kier alpha value is -3.07. The number of anilines is 2. The third-order valence-corrected chi connectivity index (χ3v) is 6.89. The van der Waals surface area contributed by atoms with Crippen LogP contribution < -0.4 is 14.4 Å². The van der Waals surface area contributed by atoms with Crippen LogP contribution in [-0.4, -0.2) is 57.6 Å². The molecule has 1 aliphatic rings. The zero-order chi connectivity index (χ0) is 24.0. The number of nitrogens with one attached hydrogen (secondary N) is 1. The van der Waals surface area contributed by atoms with Gasteiger partial charge in [-0.15, -0.1) is 0 Å². The zero-order valence-electron chi connectivity index (χ0n) is 19.3. The number of nitrogens with zero attached hydrogens (tertiary/aromatic N) is 2. The highest BCUT2D eigenvalue weighted by atomic mass is 32.2. The largest absolute Gasteiger partial charge is 0.481 e. The summed E-state index contributed by atoms with van der Waals surface area (Å²) in [5.74, 6) is -0.0346. The predicted molar refractivity (Wildman–Crippen MR) is 129 cm³/mol. The smallest absolute Gasteiger partial charge is 0.265 e. The molecule has 2 amide bonds. The van der Waals surface area contributed by atoms with Gasteiger partial charge in [0.15, 0.2) is 6.10 Å². The van der Waals surface area contributed by atoms with Crippen molar-refractivity contribution >= 4 is 33.2 Å². The van der Waals surface area contributed by atoms with E-state index in [1.807, 2.05) is 4.90 Å². The summed E-state index contributed by atoms with van der Waals surface area (Å²) in [5, 5.41) is 2.82. The Morgan fingerprint density at radius 3 is 2.21 bits per heavy atom. The second-order valence-electron chi connectivity index (χ2n) is 8.23. The average molecular weight is 474 g/mol. The molecule has 1 N–H and O–H groups in total. The summed E-state index contributed by atoms with van der Waals surface area (Å²) < 4.78 is 30.2. The average Bonchev–Trinajstić information content (AvgIpc) is 3.08. The molecule has 0 saturated carbocycles. The van der Waals surface area contributed by atoms with Gasteiger partial charge in [-0.3, -0.25) is 13.9 Å². The lowest BCUT2D eigenvalue weighted by Gasteiger charge is -2.22. The number of rotatable bonds is 7. The second kappa shape index (κ2) is 10.7. The van der Waals surface area contributed by atoms with Crippen molar-refractivity contribution in [1.82, 2.24) is 4.90 Å². The van der Waals surface area contributed by atoms with Crippen molar-refractivity contribution in [1.29, 1.82) is 0 Å². The van der Waals surface area contributed by atoms with Gasteiger partial charge >= 0.3 is 0 Å². The fourth-order valence-corrected chi connectivity index (χ4v) is 4.15. The van der Waals surface area contributed by atoms with E-state index >= 15 is 0 Å². The van der Waals surface area contributed by atoms with Crippen LogP contribution in [0.3, 0.4) is 0 Å². The highest BCUT2D eigenvalue weighted by Gasteiger charge is 2.22. The summed E-state index contributed by atoms with van der Waals surface area (Å²) in [7, 11) is -1.90. The molecule has 178 valence electrons. The molecule has 0 unspecified atom stereocenters. The fourth-order valence-electron chi connectivity index (χ4n) is 3.64. The lowest BCUT2D eigenvalue weighted by molar-refractivity contribution is -0.122. The molecule has 0 spiro atoms. The quantitative estimate of drug-likeness (QED) is 0.664. The highest BCUT2D eigenvalue weighted by Crippen LogP contribution is 2.23. The van der Waals surface area contributed by atoms with Crippen LogP contribution in [0.4, 0.5) is 11.4 Å². The summed E-state index contributed by atoms with van der Waals surface area (Å²) in [6.07, 6.45) is 4.53. The Bertz CT molecular complexity index is 1080.